The molecule has 4 rings (SSSR count). The lowest BCUT2D eigenvalue weighted by atomic mass is 9.67. The average Bonchev–Trinajstić information content (AvgIpc) is 3.41. The van der Waals surface area contributed by atoms with Crippen LogP contribution in [0.2, 0.25) is 0 Å². The number of nitrogens with zero attached hydrogens (tertiary/aromatic N) is 4. The molecule has 1 spiro atoms. The van der Waals surface area contributed by atoms with E-state index in [4.69, 9.17) is 0 Å². The van der Waals surface area contributed by atoms with Crippen LogP contribution in [-0.4, -0.2) is 53.0 Å². The van der Waals surface area contributed by atoms with Crippen molar-refractivity contribution in [1.82, 2.24) is 24.4 Å². The van der Waals surface area contributed by atoms with E-state index in [1.807, 2.05) is 16.9 Å². The van der Waals surface area contributed by atoms with Gasteiger partial charge in [-0.2, -0.15) is 9.40 Å². The van der Waals surface area contributed by atoms with Crippen molar-refractivity contribution in [3.05, 3.63) is 43.0 Å². The number of rotatable bonds is 7. The van der Waals surface area contributed by atoms with E-state index in [0.717, 1.165) is 45.1 Å². The number of pyridine rings is 1. The van der Waals surface area contributed by atoms with Crippen LogP contribution in [0.15, 0.2) is 47.9 Å². The van der Waals surface area contributed by atoms with Gasteiger partial charge in [0.05, 0.1) is 5.92 Å². The summed E-state index contributed by atoms with van der Waals surface area (Å²) in [5.41, 5.74) is -0.264. The summed E-state index contributed by atoms with van der Waals surface area (Å²) < 4.78 is 29.7. The van der Waals surface area contributed by atoms with Crippen LogP contribution in [0.25, 0.3) is 0 Å². The molecule has 1 aliphatic heterocycles. The van der Waals surface area contributed by atoms with E-state index in [9.17, 15) is 13.2 Å². The highest BCUT2D eigenvalue weighted by molar-refractivity contribution is 7.89. The predicted molar refractivity (Wildman–Crippen MR) is 112 cm³/mol. The third-order valence-corrected chi connectivity index (χ3v) is 8.27. The second kappa shape index (κ2) is 8.85. The lowest BCUT2D eigenvalue weighted by Crippen LogP contribution is -2.42. The Morgan fingerprint density at radius 3 is 2.73 bits per heavy atom. The SMILES string of the molecule is O=C(NCCCn1cccn1)[C@@H]1CN(S(=O)(=O)c2cccnc2)CC12CCCCC2. The third kappa shape index (κ3) is 4.27. The summed E-state index contributed by atoms with van der Waals surface area (Å²) in [6, 6.07) is 5.07. The summed E-state index contributed by atoms with van der Waals surface area (Å²) in [4.78, 5) is 17.3. The lowest BCUT2D eigenvalue weighted by molar-refractivity contribution is -0.128. The fourth-order valence-electron chi connectivity index (χ4n) is 4.89. The fraction of sp³-hybridized carbons (Fsp3) is 0.571. The molecule has 2 aromatic rings. The highest BCUT2D eigenvalue weighted by Crippen LogP contribution is 2.48. The van der Waals surface area contributed by atoms with Gasteiger partial charge in [-0.3, -0.25) is 14.5 Å². The van der Waals surface area contributed by atoms with Crippen LogP contribution in [0.1, 0.15) is 38.5 Å². The fourth-order valence-corrected chi connectivity index (χ4v) is 6.40. The van der Waals surface area contributed by atoms with Crippen LogP contribution in [0.3, 0.4) is 0 Å². The maximum Gasteiger partial charge on any atom is 0.244 e. The van der Waals surface area contributed by atoms with Crippen molar-refractivity contribution in [2.45, 2.75) is 50.0 Å². The van der Waals surface area contributed by atoms with E-state index >= 15 is 0 Å². The van der Waals surface area contributed by atoms with Gasteiger partial charge in [-0.1, -0.05) is 19.3 Å². The van der Waals surface area contributed by atoms with Crippen molar-refractivity contribution < 1.29 is 13.2 Å². The Morgan fingerprint density at radius 2 is 2.03 bits per heavy atom. The van der Waals surface area contributed by atoms with Gasteiger partial charge >= 0.3 is 0 Å². The topological polar surface area (TPSA) is 97.2 Å². The third-order valence-electron chi connectivity index (χ3n) is 6.48. The van der Waals surface area contributed by atoms with E-state index < -0.39 is 10.0 Å². The Labute approximate surface area is 177 Å². The maximum absolute atomic E-state index is 13.2. The predicted octanol–water partition coefficient (Wildman–Crippen LogP) is 2.06. The van der Waals surface area contributed by atoms with E-state index in [2.05, 4.69) is 15.4 Å². The van der Waals surface area contributed by atoms with E-state index in [1.54, 1.807) is 24.5 Å². The van der Waals surface area contributed by atoms with Gasteiger partial charge in [-0.25, -0.2) is 8.42 Å². The van der Waals surface area contributed by atoms with Crippen LogP contribution < -0.4 is 5.32 Å². The largest absolute Gasteiger partial charge is 0.356 e. The second-order valence-corrected chi connectivity index (χ2v) is 10.3. The number of aryl methyl sites for hydroxylation is 1. The average molecular weight is 432 g/mol. The van der Waals surface area contributed by atoms with Gasteiger partial charge in [0.25, 0.3) is 0 Å². The summed E-state index contributed by atoms with van der Waals surface area (Å²) in [5.74, 6) is -0.338. The molecule has 0 bridgehead atoms. The van der Waals surface area contributed by atoms with Crippen LogP contribution in [-0.2, 0) is 21.4 Å². The molecule has 9 heteroatoms. The van der Waals surface area contributed by atoms with Gasteiger partial charge in [-0.15, -0.1) is 0 Å². The lowest BCUT2D eigenvalue weighted by Gasteiger charge is -2.37. The summed E-state index contributed by atoms with van der Waals surface area (Å²) in [6.07, 6.45) is 12.4. The molecule has 1 N–H and O–H groups in total. The van der Waals surface area contributed by atoms with Crippen molar-refractivity contribution in [2.24, 2.45) is 11.3 Å². The van der Waals surface area contributed by atoms with Crippen LogP contribution in [0.5, 0.6) is 0 Å². The first-order valence-corrected chi connectivity index (χ1v) is 12.1. The first-order valence-electron chi connectivity index (χ1n) is 10.7. The van der Waals surface area contributed by atoms with Gasteiger partial charge in [0.1, 0.15) is 4.90 Å². The number of aromatic nitrogens is 3. The molecule has 1 saturated carbocycles. The standard InChI is InChI=1S/C21H29N5O3S/c27-20(23-11-5-13-25-14-6-12-24-25)19-16-26(17-21(19)8-2-1-3-9-21)30(28,29)18-7-4-10-22-15-18/h4,6-7,10,12,14-15,19H,1-3,5,8-9,11,13,16-17H2,(H,23,27)/t19-/m0/s1. The Balaban J connectivity index is 1.45. The molecule has 3 heterocycles. The van der Waals surface area contributed by atoms with E-state index in [0.29, 0.717) is 13.1 Å². The van der Waals surface area contributed by atoms with Gasteiger partial charge in [-0.05, 0) is 42.9 Å². The number of hydrogen-bond acceptors (Lipinski definition) is 5. The zero-order valence-electron chi connectivity index (χ0n) is 17.1. The minimum absolute atomic E-state index is 0.0266. The van der Waals surface area contributed by atoms with Crippen molar-refractivity contribution in [2.75, 3.05) is 19.6 Å². The molecule has 2 fully saturated rings. The van der Waals surface area contributed by atoms with Crippen molar-refractivity contribution in [1.29, 1.82) is 0 Å². The van der Waals surface area contributed by atoms with E-state index in [-0.39, 0.29) is 28.7 Å². The molecule has 0 aromatic carbocycles. The summed E-state index contributed by atoms with van der Waals surface area (Å²) in [5, 5.41) is 7.23. The van der Waals surface area contributed by atoms with Gasteiger partial charge < -0.3 is 5.32 Å². The summed E-state index contributed by atoms with van der Waals surface area (Å²) in [7, 11) is -3.66. The van der Waals surface area contributed by atoms with Gasteiger partial charge in [0.2, 0.25) is 15.9 Å². The molecule has 1 atom stereocenters. The molecule has 0 radical (unpaired) electrons. The number of nitrogens with one attached hydrogen (secondary N) is 1. The molecule has 0 unspecified atom stereocenters. The van der Waals surface area contributed by atoms with Crippen molar-refractivity contribution in [3.63, 3.8) is 0 Å². The quantitative estimate of drug-likeness (QED) is 0.677. The Kier molecular flexibility index (Phi) is 6.19. The number of amides is 1. The number of carbonyl (C=O) groups is 1. The monoisotopic (exact) mass is 431 g/mol. The van der Waals surface area contributed by atoms with Crippen LogP contribution >= 0.6 is 0 Å². The Morgan fingerprint density at radius 1 is 1.20 bits per heavy atom. The number of hydrogen-bond donors (Lipinski definition) is 1. The summed E-state index contributed by atoms with van der Waals surface area (Å²) in [6.45, 7) is 1.95. The molecule has 30 heavy (non-hydrogen) atoms. The molecule has 1 aliphatic carbocycles. The van der Waals surface area contributed by atoms with Gasteiger partial charge in [0.15, 0.2) is 0 Å². The highest BCUT2D eigenvalue weighted by Gasteiger charge is 2.53. The number of sulfonamides is 1. The number of carbonyl (C=O) groups excluding carboxylic acids is 1. The van der Waals surface area contributed by atoms with Crippen LogP contribution in [0.4, 0.5) is 0 Å². The summed E-state index contributed by atoms with van der Waals surface area (Å²) >= 11 is 0. The normalized spacial score (nSPS) is 21.7. The first-order chi connectivity index (χ1) is 14.5. The van der Waals surface area contributed by atoms with Gasteiger partial charge in [0, 0.05) is 51.0 Å². The molecule has 1 amide bonds. The molecule has 162 valence electrons. The van der Waals surface area contributed by atoms with E-state index in [1.165, 1.54) is 10.5 Å². The maximum atomic E-state index is 13.2. The zero-order chi connectivity index (χ0) is 21.0. The highest BCUT2D eigenvalue weighted by atomic mass is 32.2. The molecular weight excluding hydrogens is 402 g/mol. The Bertz CT molecular complexity index is 940. The molecule has 1 saturated heterocycles. The zero-order valence-corrected chi connectivity index (χ0v) is 17.9. The molecule has 8 nitrogen and oxygen atoms in total. The second-order valence-electron chi connectivity index (χ2n) is 8.38. The smallest absolute Gasteiger partial charge is 0.244 e. The first kappa shape index (κ1) is 21.0. The molecule has 2 aliphatic rings. The van der Waals surface area contributed by atoms with Crippen molar-refractivity contribution >= 4 is 15.9 Å². The molecule has 2 aromatic heterocycles. The van der Waals surface area contributed by atoms with Crippen molar-refractivity contribution in [3.8, 4) is 0 Å². The minimum atomic E-state index is -3.66. The Hall–Kier alpha value is -2.26. The minimum Gasteiger partial charge on any atom is -0.356 e. The van der Waals surface area contributed by atoms with Crippen LogP contribution in [0, 0.1) is 11.3 Å². The molecular formula is C21H29N5O3S.